The highest BCUT2D eigenvalue weighted by Gasteiger charge is 2.25. The molecule has 3 rings (SSSR count). The SMILES string of the molecule is CCN(CC)C(=O)c1cn(C[C@H]2CCCN(C(=O)CCc3cccc(OC)c3)C2)nn1. The minimum Gasteiger partial charge on any atom is -0.497 e. The molecule has 1 fully saturated rings. The van der Waals surface area contributed by atoms with Crippen LogP contribution in [0.25, 0.3) is 0 Å². The van der Waals surface area contributed by atoms with Gasteiger partial charge in [-0.05, 0) is 56.7 Å². The highest BCUT2D eigenvalue weighted by Crippen LogP contribution is 2.20. The molecule has 8 heteroatoms. The van der Waals surface area contributed by atoms with Crippen molar-refractivity contribution in [3.63, 3.8) is 0 Å². The Bertz CT molecular complexity index is 878. The van der Waals surface area contributed by atoms with Crippen molar-refractivity contribution in [1.29, 1.82) is 0 Å². The Kier molecular flexibility index (Phi) is 8.03. The predicted octanol–water partition coefficient (Wildman–Crippen LogP) is 2.64. The number of hydrogen-bond acceptors (Lipinski definition) is 5. The second kappa shape index (κ2) is 10.9. The van der Waals surface area contributed by atoms with Crippen LogP contribution >= 0.6 is 0 Å². The van der Waals surface area contributed by atoms with Crippen LogP contribution in [0.4, 0.5) is 0 Å². The van der Waals surface area contributed by atoms with Crippen LogP contribution in [0.5, 0.6) is 5.75 Å². The summed E-state index contributed by atoms with van der Waals surface area (Å²) in [7, 11) is 1.65. The number of benzene rings is 1. The fourth-order valence-corrected chi connectivity index (χ4v) is 4.10. The summed E-state index contributed by atoms with van der Waals surface area (Å²) in [6.45, 7) is 7.39. The van der Waals surface area contributed by atoms with Gasteiger partial charge in [0.15, 0.2) is 5.69 Å². The first-order valence-corrected chi connectivity index (χ1v) is 11.1. The third-order valence-electron chi connectivity index (χ3n) is 5.89. The molecule has 2 amide bonds. The van der Waals surface area contributed by atoms with Crippen molar-refractivity contribution in [3.05, 3.63) is 41.7 Å². The van der Waals surface area contributed by atoms with Gasteiger partial charge in [-0.15, -0.1) is 5.10 Å². The van der Waals surface area contributed by atoms with E-state index >= 15 is 0 Å². The minimum atomic E-state index is -0.0887. The second-order valence-electron chi connectivity index (χ2n) is 8.00. The normalized spacial score (nSPS) is 16.2. The molecule has 0 N–H and O–H groups in total. The quantitative estimate of drug-likeness (QED) is 0.615. The topological polar surface area (TPSA) is 80.6 Å². The summed E-state index contributed by atoms with van der Waals surface area (Å²) in [6, 6.07) is 7.86. The first-order chi connectivity index (χ1) is 15.0. The third kappa shape index (κ3) is 6.06. The van der Waals surface area contributed by atoms with Crippen molar-refractivity contribution in [1.82, 2.24) is 24.8 Å². The van der Waals surface area contributed by atoms with Gasteiger partial charge in [0.25, 0.3) is 5.91 Å². The number of aryl methyl sites for hydroxylation is 1. The lowest BCUT2D eigenvalue weighted by Crippen LogP contribution is -2.41. The molecule has 1 aliphatic rings. The number of nitrogens with zero attached hydrogens (tertiary/aromatic N) is 5. The number of carbonyl (C=O) groups excluding carboxylic acids is 2. The maximum absolute atomic E-state index is 12.8. The van der Waals surface area contributed by atoms with Gasteiger partial charge < -0.3 is 14.5 Å². The summed E-state index contributed by atoms with van der Waals surface area (Å²) in [5.74, 6) is 1.22. The van der Waals surface area contributed by atoms with Crippen molar-refractivity contribution < 1.29 is 14.3 Å². The largest absolute Gasteiger partial charge is 0.497 e. The Hall–Kier alpha value is -2.90. The molecule has 1 saturated heterocycles. The first kappa shape index (κ1) is 22.8. The highest BCUT2D eigenvalue weighted by atomic mass is 16.5. The maximum atomic E-state index is 12.8. The van der Waals surface area contributed by atoms with Gasteiger partial charge >= 0.3 is 0 Å². The monoisotopic (exact) mass is 427 g/mol. The number of piperidine rings is 1. The fourth-order valence-electron chi connectivity index (χ4n) is 4.10. The van der Waals surface area contributed by atoms with Crippen molar-refractivity contribution in [2.24, 2.45) is 5.92 Å². The Balaban J connectivity index is 1.52. The van der Waals surface area contributed by atoms with Crippen molar-refractivity contribution in [3.8, 4) is 5.75 Å². The second-order valence-corrected chi connectivity index (χ2v) is 8.00. The van der Waals surface area contributed by atoms with Gasteiger partial charge in [0.2, 0.25) is 5.91 Å². The van der Waals surface area contributed by atoms with Crippen molar-refractivity contribution >= 4 is 11.8 Å². The lowest BCUT2D eigenvalue weighted by Gasteiger charge is -2.32. The van der Waals surface area contributed by atoms with Gasteiger partial charge in [0.05, 0.1) is 13.3 Å². The standard InChI is InChI=1S/C23H33N5O3/c1-4-26(5-2)23(30)21-17-28(25-24-21)16-19-9-7-13-27(15-19)22(29)12-11-18-8-6-10-20(14-18)31-3/h6,8,10,14,17,19H,4-5,7,9,11-13,15-16H2,1-3H3/t19-/m0/s1. The summed E-state index contributed by atoms with van der Waals surface area (Å²) in [6.07, 6.45) is 4.95. The Morgan fingerprint density at radius 3 is 2.81 bits per heavy atom. The van der Waals surface area contributed by atoms with E-state index in [4.69, 9.17) is 4.74 Å². The number of aromatic nitrogens is 3. The molecule has 0 spiro atoms. The highest BCUT2D eigenvalue weighted by molar-refractivity contribution is 5.91. The number of carbonyl (C=O) groups is 2. The lowest BCUT2D eigenvalue weighted by molar-refractivity contribution is -0.133. The molecule has 1 aromatic carbocycles. The molecule has 0 bridgehead atoms. The van der Waals surface area contributed by atoms with Gasteiger partial charge in [-0.3, -0.25) is 14.3 Å². The van der Waals surface area contributed by atoms with E-state index in [1.54, 1.807) is 22.9 Å². The molecule has 1 aliphatic heterocycles. The molecular formula is C23H33N5O3. The Morgan fingerprint density at radius 1 is 1.26 bits per heavy atom. The van der Waals surface area contributed by atoms with Crippen molar-refractivity contribution in [2.75, 3.05) is 33.3 Å². The molecule has 0 unspecified atom stereocenters. The zero-order valence-electron chi connectivity index (χ0n) is 18.8. The number of likely N-dealkylation sites (tertiary alicyclic amines) is 1. The molecule has 0 saturated carbocycles. The molecule has 1 atom stereocenters. The van der Waals surface area contributed by atoms with Crippen LogP contribution in [0.3, 0.4) is 0 Å². The van der Waals surface area contributed by atoms with Crippen LogP contribution in [0.2, 0.25) is 0 Å². The van der Waals surface area contributed by atoms with Crippen LogP contribution in [-0.4, -0.2) is 69.9 Å². The van der Waals surface area contributed by atoms with E-state index in [-0.39, 0.29) is 11.8 Å². The van der Waals surface area contributed by atoms with Gasteiger partial charge in [0, 0.05) is 39.1 Å². The molecule has 8 nitrogen and oxygen atoms in total. The number of methoxy groups -OCH3 is 1. The number of hydrogen-bond donors (Lipinski definition) is 0. The molecule has 31 heavy (non-hydrogen) atoms. The Morgan fingerprint density at radius 2 is 2.06 bits per heavy atom. The maximum Gasteiger partial charge on any atom is 0.276 e. The van der Waals surface area contributed by atoms with Crippen LogP contribution in [-0.2, 0) is 17.8 Å². The van der Waals surface area contributed by atoms with Crippen LogP contribution < -0.4 is 4.74 Å². The van der Waals surface area contributed by atoms with Gasteiger partial charge in [0.1, 0.15) is 5.75 Å². The van der Waals surface area contributed by atoms with E-state index in [2.05, 4.69) is 10.3 Å². The zero-order chi connectivity index (χ0) is 22.2. The van der Waals surface area contributed by atoms with Crippen LogP contribution in [0.15, 0.2) is 30.5 Å². The molecule has 1 aromatic heterocycles. The van der Waals surface area contributed by atoms with Crippen LogP contribution in [0.1, 0.15) is 49.2 Å². The number of rotatable bonds is 9. The average Bonchev–Trinajstić information content (AvgIpc) is 3.27. The molecule has 2 aromatic rings. The van der Waals surface area contributed by atoms with E-state index in [1.165, 1.54) is 0 Å². The lowest BCUT2D eigenvalue weighted by atomic mass is 9.97. The smallest absolute Gasteiger partial charge is 0.276 e. The summed E-state index contributed by atoms with van der Waals surface area (Å²) in [5.41, 5.74) is 1.49. The van der Waals surface area contributed by atoms with Gasteiger partial charge in [-0.2, -0.15) is 0 Å². The van der Waals surface area contributed by atoms with Gasteiger partial charge in [-0.1, -0.05) is 17.3 Å². The fraction of sp³-hybridized carbons (Fsp3) is 0.565. The van der Waals surface area contributed by atoms with Crippen LogP contribution in [0, 0.1) is 5.92 Å². The molecule has 2 heterocycles. The zero-order valence-corrected chi connectivity index (χ0v) is 18.8. The van der Waals surface area contributed by atoms with E-state index in [0.29, 0.717) is 44.1 Å². The summed E-state index contributed by atoms with van der Waals surface area (Å²) < 4.78 is 7.00. The average molecular weight is 428 g/mol. The number of ether oxygens (including phenoxy) is 1. The number of amides is 2. The van der Waals surface area contributed by atoms with Gasteiger partial charge in [-0.25, -0.2) is 0 Å². The van der Waals surface area contributed by atoms with Crippen molar-refractivity contribution in [2.45, 2.75) is 46.1 Å². The molecular weight excluding hydrogens is 394 g/mol. The summed E-state index contributed by atoms with van der Waals surface area (Å²) in [4.78, 5) is 28.9. The summed E-state index contributed by atoms with van der Waals surface area (Å²) >= 11 is 0. The molecule has 0 aliphatic carbocycles. The Labute approximate surface area is 184 Å². The predicted molar refractivity (Wildman–Crippen MR) is 118 cm³/mol. The summed E-state index contributed by atoms with van der Waals surface area (Å²) in [5, 5.41) is 8.21. The van der Waals surface area contributed by atoms with E-state index in [1.807, 2.05) is 43.0 Å². The first-order valence-electron chi connectivity index (χ1n) is 11.1. The van der Waals surface area contributed by atoms with E-state index in [0.717, 1.165) is 37.2 Å². The van der Waals surface area contributed by atoms with E-state index < -0.39 is 0 Å². The molecule has 168 valence electrons. The minimum absolute atomic E-state index is 0.0887. The molecule has 0 radical (unpaired) electrons. The third-order valence-corrected chi connectivity index (χ3v) is 5.89. The van der Waals surface area contributed by atoms with E-state index in [9.17, 15) is 9.59 Å².